The number of aromatic nitrogens is 5. The first-order valence-electron chi connectivity index (χ1n) is 9.71. The molecule has 0 spiro atoms. The van der Waals surface area contributed by atoms with Crippen molar-refractivity contribution in [3.8, 4) is 17.1 Å². The largest absolute Gasteiger partial charge is 0.492 e. The number of benzene rings is 1. The van der Waals surface area contributed by atoms with Crippen LogP contribution in [0, 0.1) is 13.8 Å². The van der Waals surface area contributed by atoms with Gasteiger partial charge in [0, 0.05) is 34.9 Å². The minimum absolute atomic E-state index is 0.151. The molecular formula is C22H22N6O2. The van der Waals surface area contributed by atoms with E-state index in [1.165, 1.54) is 0 Å². The molecule has 1 N–H and O–H groups in total. The van der Waals surface area contributed by atoms with Crippen molar-refractivity contribution in [2.45, 2.75) is 27.2 Å². The van der Waals surface area contributed by atoms with E-state index in [0.717, 1.165) is 22.5 Å². The Bertz CT molecular complexity index is 1200. The first-order chi connectivity index (χ1) is 14.6. The van der Waals surface area contributed by atoms with Crippen LogP contribution in [0.25, 0.3) is 17.2 Å². The summed E-state index contributed by atoms with van der Waals surface area (Å²) in [6.07, 6.45) is 3.58. The van der Waals surface area contributed by atoms with Gasteiger partial charge in [0.25, 0.3) is 5.78 Å². The first-order valence-corrected chi connectivity index (χ1v) is 9.71. The third kappa shape index (κ3) is 3.84. The minimum atomic E-state index is -0.151. The van der Waals surface area contributed by atoms with Crippen molar-refractivity contribution < 1.29 is 9.53 Å². The number of fused-ring (bicyclic) bond motifs is 1. The van der Waals surface area contributed by atoms with Gasteiger partial charge in [-0.2, -0.15) is 4.98 Å². The summed E-state index contributed by atoms with van der Waals surface area (Å²) in [5, 5.41) is 7.50. The highest BCUT2D eigenvalue weighted by Gasteiger charge is 2.17. The maximum absolute atomic E-state index is 12.8. The number of carbonyl (C=O) groups excluding carboxylic acids is 1. The zero-order chi connectivity index (χ0) is 21.1. The van der Waals surface area contributed by atoms with Crippen LogP contribution in [-0.4, -0.2) is 37.1 Å². The summed E-state index contributed by atoms with van der Waals surface area (Å²) in [6, 6.07) is 11.1. The van der Waals surface area contributed by atoms with Gasteiger partial charge in [-0.3, -0.25) is 9.78 Å². The number of carbonyl (C=O) groups is 1. The lowest BCUT2D eigenvalue weighted by atomic mass is 10.1. The molecule has 4 aromatic rings. The van der Waals surface area contributed by atoms with Crippen LogP contribution in [0.4, 0.5) is 5.69 Å². The molecule has 1 amide bonds. The highest BCUT2D eigenvalue weighted by atomic mass is 16.5. The van der Waals surface area contributed by atoms with Gasteiger partial charge < -0.3 is 10.1 Å². The lowest BCUT2D eigenvalue weighted by molar-refractivity contribution is -0.115. The normalized spacial score (nSPS) is 10.9. The molecule has 3 heterocycles. The molecule has 4 rings (SSSR count). The molecule has 0 radical (unpaired) electrons. The van der Waals surface area contributed by atoms with Gasteiger partial charge in [0.15, 0.2) is 5.82 Å². The number of para-hydroxylation sites is 2. The van der Waals surface area contributed by atoms with E-state index in [2.05, 4.69) is 25.4 Å². The molecule has 0 saturated heterocycles. The van der Waals surface area contributed by atoms with Crippen LogP contribution in [0.3, 0.4) is 0 Å². The number of amides is 1. The average molecular weight is 402 g/mol. The quantitative estimate of drug-likeness (QED) is 0.531. The molecule has 0 saturated carbocycles. The van der Waals surface area contributed by atoms with Gasteiger partial charge in [0.05, 0.1) is 18.7 Å². The fourth-order valence-corrected chi connectivity index (χ4v) is 3.29. The molecule has 30 heavy (non-hydrogen) atoms. The van der Waals surface area contributed by atoms with E-state index in [1.54, 1.807) is 16.9 Å². The molecule has 0 unspecified atom stereocenters. The Morgan fingerprint density at radius 1 is 1.13 bits per heavy atom. The monoisotopic (exact) mass is 402 g/mol. The Morgan fingerprint density at radius 3 is 2.73 bits per heavy atom. The van der Waals surface area contributed by atoms with Crippen molar-refractivity contribution in [1.29, 1.82) is 0 Å². The van der Waals surface area contributed by atoms with Crippen molar-refractivity contribution in [3.05, 3.63) is 65.7 Å². The summed E-state index contributed by atoms with van der Waals surface area (Å²) in [7, 11) is 0. The second-order valence-corrected chi connectivity index (χ2v) is 6.80. The van der Waals surface area contributed by atoms with Gasteiger partial charge in [-0.25, -0.2) is 9.50 Å². The van der Waals surface area contributed by atoms with Gasteiger partial charge in [-0.05, 0) is 45.0 Å². The molecule has 0 aliphatic carbocycles. The summed E-state index contributed by atoms with van der Waals surface area (Å²) in [6.45, 7) is 6.23. The maximum atomic E-state index is 12.8. The number of hydrogen-bond donors (Lipinski definition) is 1. The number of anilines is 1. The number of ether oxygens (including phenoxy) is 1. The van der Waals surface area contributed by atoms with E-state index in [1.807, 2.05) is 57.2 Å². The first kappa shape index (κ1) is 19.5. The number of rotatable bonds is 6. The third-order valence-electron chi connectivity index (χ3n) is 4.77. The zero-order valence-corrected chi connectivity index (χ0v) is 17.1. The Hall–Kier alpha value is -3.81. The van der Waals surface area contributed by atoms with E-state index in [-0.39, 0.29) is 12.3 Å². The predicted molar refractivity (Wildman–Crippen MR) is 113 cm³/mol. The van der Waals surface area contributed by atoms with E-state index >= 15 is 0 Å². The van der Waals surface area contributed by atoms with Crippen LogP contribution in [0.15, 0.2) is 48.8 Å². The summed E-state index contributed by atoms with van der Waals surface area (Å²) >= 11 is 0. The molecule has 8 heteroatoms. The van der Waals surface area contributed by atoms with Crippen LogP contribution in [-0.2, 0) is 11.2 Å². The van der Waals surface area contributed by atoms with Gasteiger partial charge in [-0.15, -0.1) is 5.10 Å². The molecule has 3 aromatic heterocycles. The van der Waals surface area contributed by atoms with Gasteiger partial charge in [0.2, 0.25) is 5.91 Å². The smallest absolute Gasteiger partial charge is 0.253 e. The van der Waals surface area contributed by atoms with Crippen LogP contribution in [0.2, 0.25) is 0 Å². The van der Waals surface area contributed by atoms with Crippen molar-refractivity contribution in [1.82, 2.24) is 24.6 Å². The van der Waals surface area contributed by atoms with Crippen LogP contribution < -0.4 is 10.1 Å². The molecule has 0 aliphatic heterocycles. The van der Waals surface area contributed by atoms with Crippen LogP contribution >= 0.6 is 0 Å². The number of nitrogens with zero attached hydrogens (tertiary/aromatic N) is 5. The van der Waals surface area contributed by atoms with Crippen LogP contribution in [0.1, 0.15) is 23.9 Å². The van der Waals surface area contributed by atoms with E-state index < -0.39 is 0 Å². The van der Waals surface area contributed by atoms with Crippen molar-refractivity contribution in [2.24, 2.45) is 0 Å². The summed E-state index contributed by atoms with van der Waals surface area (Å²) in [5.74, 6) is 1.54. The van der Waals surface area contributed by atoms with Crippen molar-refractivity contribution >= 4 is 17.4 Å². The van der Waals surface area contributed by atoms with E-state index in [0.29, 0.717) is 29.6 Å². The van der Waals surface area contributed by atoms with Gasteiger partial charge in [-0.1, -0.05) is 12.1 Å². The Balaban J connectivity index is 1.62. The lowest BCUT2D eigenvalue weighted by Crippen LogP contribution is -2.18. The zero-order valence-electron chi connectivity index (χ0n) is 17.1. The fourth-order valence-electron chi connectivity index (χ4n) is 3.29. The number of nitrogens with one attached hydrogen (secondary N) is 1. The topological polar surface area (TPSA) is 94.3 Å². The lowest BCUT2D eigenvalue weighted by Gasteiger charge is -2.13. The average Bonchev–Trinajstić information content (AvgIpc) is 3.17. The van der Waals surface area contributed by atoms with E-state index in [4.69, 9.17) is 4.74 Å². The molecule has 0 atom stereocenters. The molecule has 0 aliphatic rings. The summed E-state index contributed by atoms with van der Waals surface area (Å²) < 4.78 is 7.26. The molecular weight excluding hydrogens is 380 g/mol. The highest BCUT2D eigenvalue weighted by molar-refractivity contribution is 5.94. The molecule has 0 fully saturated rings. The highest BCUT2D eigenvalue weighted by Crippen LogP contribution is 2.24. The van der Waals surface area contributed by atoms with Crippen LogP contribution in [0.5, 0.6) is 5.75 Å². The van der Waals surface area contributed by atoms with E-state index in [9.17, 15) is 4.79 Å². The second-order valence-electron chi connectivity index (χ2n) is 6.80. The summed E-state index contributed by atoms with van der Waals surface area (Å²) in [4.78, 5) is 25.9. The summed E-state index contributed by atoms with van der Waals surface area (Å²) in [5.41, 5.74) is 3.85. The van der Waals surface area contributed by atoms with Crippen molar-refractivity contribution in [2.75, 3.05) is 11.9 Å². The standard InChI is InChI=1S/C22H22N6O2/c1-4-30-19-10-6-5-9-18(19)25-20(29)12-17-14(2)24-22-26-21(27-28(22)15(17)3)16-8-7-11-23-13-16/h5-11,13H,4,12H2,1-3H3,(H,25,29). The predicted octanol–water partition coefficient (Wildman–Crippen LogP) is 3.38. The number of aryl methyl sites for hydroxylation is 2. The Labute approximate surface area is 174 Å². The number of pyridine rings is 1. The second kappa shape index (κ2) is 8.28. The van der Waals surface area contributed by atoms with Crippen molar-refractivity contribution in [3.63, 3.8) is 0 Å². The fraction of sp³-hybridized carbons (Fsp3) is 0.227. The molecule has 0 bridgehead atoms. The minimum Gasteiger partial charge on any atom is -0.492 e. The van der Waals surface area contributed by atoms with Gasteiger partial charge in [0.1, 0.15) is 5.75 Å². The molecule has 8 nitrogen and oxygen atoms in total. The SMILES string of the molecule is CCOc1ccccc1NC(=O)Cc1c(C)nc2nc(-c3cccnc3)nn2c1C. The Kier molecular flexibility index (Phi) is 5.38. The van der Waals surface area contributed by atoms with Gasteiger partial charge >= 0.3 is 0 Å². The number of hydrogen-bond acceptors (Lipinski definition) is 6. The Morgan fingerprint density at radius 2 is 1.97 bits per heavy atom. The molecule has 1 aromatic carbocycles. The molecule has 152 valence electrons. The third-order valence-corrected chi connectivity index (χ3v) is 4.77. The maximum Gasteiger partial charge on any atom is 0.253 e.